The zero-order valence-electron chi connectivity index (χ0n) is 15.1. The predicted octanol–water partition coefficient (Wildman–Crippen LogP) is 3.19. The number of rotatable bonds is 13. The minimum absolute atomic E-state index is 0.00147. The van der Waals surface area contributed by atoms with Gasteiger partial charge in [-0.1, -0.05) is 19.8 Å². The highest BCUT2D eigenvalue weighted by molar-refractivity contribution is 5.98. The second-order valence-electron chi connectivity index (χ2n) is 6.26. The van der Waals surface area contributed by atoms with Crippen molar-refractivity contribution in [3.63, 3.8) is 0 Å². The lowest BCUT2D eigenvalue weighted by Crippen LogP contribution is -2.17. The SMILES string of the molecule is CCOC(=O)C(CC)CCCCCC1=CC(OCCCO)CC1=O. The molecule has 1 N–H and O–H groups in total. The number of hydrogen-bond donors (Lipinski definition) is 1. The molecule has 0 spiro atoms. The molecule has 0 aromatic heterocycles. The highest BCUT2D eigenvalue weighted by Crippen LogP contribution is 2.23. The van der Waals surface area contributed by atoms with Crippen molar-refractivity contribution in [3.05, 3.63) is 11.6 Å². The van der Waals surface area contributed by atoms with Crippen LogP contribution in [0.25, 0.3) is 0 Å². The van der Waals surface area contributed by atoms with Crippen LogP contribution in [0.5, 0.6) is 0 Å². The van der Waals surface area contributed by atoms with Gasteiger partial charge in [0.25, 0.3) is 0 Å². The molecule has 0 aromatic rings. The Kier molecular flexibility index (Phi) is 10.6. The molecule has 5 heteroatoms. The highest BCUT2D eigenvalue weighted by atomic mass is 16.5. The number of aliphatic hydroxyl groups is 1. The molecule has 0 fully saturated rings. The van der Waals surface area contributed by atoms with E-state index in [0.29, 0.717) is 26.1 Å². The monoisotopic (exact) mass is 340 g/mol. The summed E-state index contributed by atoms with van der Waals surface area (Å²) in [5.41, 5.74) is 0.876. The van der Waals surface area contributed by atoms with Crippen LogP contribution in [-0.2, 0) is 19.1 Å². The van der Waals surface area contributed by atoms with Gasteiger partial charge in [-0.15, -0.1) is 0 Å². The lowest BCUT2D eigenvalue weighted by atomic mass is 9.97. The van der Waals surface area contributed by atoms with Gasteiger partial charge in [0.2, 0.25) is 0 Å². The number of hydrogen-bond acceptors (Lipinski definition) is 5. The van der Waals surface area contributed by atoms with Crippen LogP contribution in [-0.4, -0.2) is 42.8 Å². The topological polar surface area (TPSA) is 72.8 Å². The summed E-state index contributed by atoms with van der Waals surface area (Å²) < 4.78 is 10.6. The van der Waals surface area contributed by atoms with Crippen LogP contribution >= 0.6 is 0 Å². The van der Waals surface area contributed by atoms with E-state index in [1.807, 2.05) is 19.9 Å². The van der Waals surface area contributed by atoms with E-state index in [9.17, 15) is 9.59 Å². The van der Waals surface area contributed by atoms with Crippen molar-refractivity contribution in [3.8, 4) is 0 Å². The number of Topliss-reactive ketones (excluding diaryl/α,β-unsaturated/α-hetero) is 1. The Morgan fingerprint density at radius 1 is 1.29 bits per heavy atom. The molecule has 0 aromatic carbocycles. The Bertz CT molecular complexity index is 416. The van der Waals surface area contributed by atoms with Crippen LogP contribution < -0.4 is 0 Å². The maximum absolute atomic E-state index is 11.9. The molecule has 1 rings (SSSR count). The lowest BCUT2D eigenvalue weighted by Gasteiger charge is -2.13. The molecule has 1 aliphatic rings. The molecule has 2 atom stereocenters. The van der Waals surface area contributed by atoms with Gasteiger partial charge in [0.05, 0.1) is 18.6 Å². The van der Waals surface area contributed by atoms with Crippen LogP contribution in [0.4, 0.5) is 0 Å². The Morgan fingerprint density at radius 3 is 2.75 bits per heavy atom. The van der Waals surface area contributed by atoms with Crippen LogP contribution in [0.1, 0.15) is 65.2 Å². The summed E-state index contributed by atoms with van der Waals surface area (Å²) in [4.78, 5) is 23.7. The maximum Gasteiger partial charge on any atom is 0.308 e. The summed E-state index contributed by atoms with van der Waals surface area (Å²) in [6, 6.07) is 0. The second-order valence-corrected chi connectivity index (χ2v) is 6.26. The fourth-order valence-corrected chi connectivity index (χ4v) is 2.95. The number of ether oxygens (including phenoxy) is 2. The van der Waals surface area contributed by atoms with Crippen LogP contribution in [0.3, 0.4) is 0 Å². The fourth-order valence-electron chi connectivity index (χ4n) is 2.95. The van der Waals surface area contributed by atoms with Gasteiger partial charge in [0.15, 0.2) is 5.78 Å². The van der Waals surface area contributed by atoms with Crippen molar-refractivity contribution in [2.45, 2.75) is 71.3 Å². The number of aliphatic hydroxyl groups excluding tert-OH is 1. The van der Waals surface area contributed by atoms with E-state index >= 15 is 0 Å². The van der Waals surface area contributed by atoms with Gasteiger partial charge in [-0.2, -0.15) is 0 Å². The smallest absolute Gasteiger partial charge is 0.308 e. The average molecular weight is 340 g/mol. The Morgan fingerprint density at radius 2 is 2.08 bits per heavy atom. The second kappa shape index (κ2) is 12.2. The van der Waals surface area contributed by atoms with Crippen LogP contribution in [0.2, 0.25) is 0 Å². The predicted molar refractivity (Wildman–Crippen MR) is 92.6 cm³/mol. The molecule has 5 nitrogen and oxygen atoms in total. The summed E-state index contributed by atoms with van der Waals surface area (Å²) >= 11 is 0. The minimum Gasteiger partial charge on any atom is -0.466 e. The van der Waals surface area contributed by atoms with Gasteiger partial charge in [0, 0.05) is 19.6 Å². The Hall–Kier alpha value is -1.20. The number of allylic oxidation sites excluding steroid dienone is 1. The third kappa shape index (κ3) is 7.58. The molecule has 0 heterocycles. The van der Waals surface area contributed by atoms with E-state index in [1.165, 1.54) is 0 Å². The first kappa shape index (κ1) is 20.8. The first-order valence-electron chi connectivity index (χ1n) is 9.25. The molecule has 2 unspecified atom stereocenters. The number of esters is 1. The summed E-state index contributed by atoms with van der Waals surface area (Å²) in [6.07, 6.45) is 8.26. The lowest BCUT2D eigenvalue weighted by molar-refractivity contribution is -0.148. The van der Waals surface area contributed by atoms with E-state index in [4.69, 9.17) is 14.6 Å². The molecule has 138 valence electrons. The van der Waals surface area contributed by atoms with Crippen molar-refractivity contribution < 1.29 is 24.2 Å². The van der Waals surface area contributed by atoms with Gasteiger partial charge in [-0.25, -0.2) is 0 Å². The molecule has 0 bridgehead atoms. The van der Waals surface area contributed by atoms with Gasteiger partial charge in [-0.05, 0) is 50.7 Å². The Labute approximate surface area is 145 Å². The summed E-state index contributed by atoms with van der Waals surface area (Å²) in [5.74, 6) is 0.0973. The van der Waals surface area contributed by atoms with Crippen molar-refractivity contribution >= 4 is 11.8 Å². The number of unbranched alkanes of at least 4 members (excludes halogenated alkanes) is 2. The standard InChI is InChI=1S/C19H32O5/c1-3-15(19(22)23-4-2)9-6-5-7-10-16-13-17(14-18(16)21)24-12-8-11-20/h13,15,17,20H,3-12,14H2,1-2H3. The molecule has 1 aliphatic carbocycles. The molecule has 0 aliphatic heterocycles. The van der Waals surface area contributed by atoms with Gasteiger partial charge < -0.3 is 14.6 Å². The van der Waals surface area contributed by atoms with Crippen LogP contribution in [0.15, 0.2) is 11.6 Å². The Balaban J connectivity index is 2.21. The molecule has 24 heavy (non-hydrogen) atoms. The third-order valence-corrected chi connectivity index (χ3v) is 4.38. The van der Waals surface area contributed by atoms with E-state index < -0.39 is 0 Å². The first-order chi connectivity index (χ1) is 11.6. The van der Waals surface area contributed by atoms with Crippen molar-refractivity contribution in [1.29, 1.82) is 0 Å². The van der Waals surface area contributed by atoms with E-state index in [-0.39, 0.29) is 30.4 Å². The van der Waals surface area contributed by atoms with Crippen molar-refractivity contribution in [1.82, 2.24) is 0 Å². The normalized spacial score (nSPS) is 18.5. The van der Waals surface area contributed by atoms with Gasteiger partial charge in [0.1, 0.15) is 0 Å². The maximum atomic E-state index is 11.9. The third-order valence-electron chi connectivity index (χ3n) is 4.38. The largest absolute Gasteiger partial charge is 0.466 e. The van der Waals surface area contributed by atoms with Crippen molar-refractivity contribution in [2.24, 2.45) is 5.92 Å². The molecular weight excluding hydrogens is 308 g/mol. The number of carbonyl (C=O) groups is 2. The quantitative estimate of drug-likeness (QED) is 0.412. The minimum atomic E-state index is -0.118. The van der Waals surface area contributed by atoms with Crippen molar-refractivity contribution in [2.75, 3.05) is 19.8 Å². The fraction of sp³-hybridized carbons (Fsp3) is 0.789. The number of carbonyl (C=O) groups excluding carboxylic acids is 2. The summed E-state index contributed by atoms with van der Waals surface area (Å²) in [6.45, 7) is 4.89. The van der Waals surface area contributed by atoms with Gasteiger partial charge in [-0.3, -0.25) is 9.59 Å². The average Bonchev–Trinajstić information content (AvgIpc) is 2.91. The molecule has 0 saturated carbocycles. The molecular formula is C19H32O5. The molecule has 0 saturated heterocycles. The summed E-state index contributed by atoms with van der Waals surface area (Å²) in [5, 5.41) is 8.74. The first-order valence-corrected chi connectivity index (χ1v) is 9.25. The number of ketones is 1. The zero-order valence-corrected chi connectivity index (χ0v) is 15.1. The highest BCUT2D eigenvalue weighted by Gasteiger charge is 2.24. The summed E-state index contributed by atoms with van der Waals surface area (Å²) in [7, 11) is 0. The zero-order chi connectivity index (χ0) is 17.8. The van der Waals surface area contributed by atoms with E-state index in [2.05, 4.69) is 0 Å². The molecule has 0 amide bonds. The van der Waals surface area contributed by atoms with E-state index in [1.54, 1.807) is 0 Å². The molecule has 0 radical (unpaired) electrons. The van der Waals surface area contributed by atoms with Gasteiger partial charge >= 0.3 is 5.97 Å². The van der Waals surface area contributed by atoms with E-state index in [0.717, 1.165) is 44.1 Å². The van der Waals surface area contributed by atoms with Crippen LogP contribution in [0, 0.1) is 5.92 Å².